The Bertz CT molecular complexity index is 665. The molecule has 23 heavy (non-hydrogen) atoms. The van der Waals surface area contributed by atoms with Crippen LogP contribution in [0.4, 0.5) is 0 Å². The van der Waals surface area contributed by atoms with Gasteiger partial charge in [0.1, 0.15) is 6.04 Å². The molecule has 3 amide bonds. The second-order valence-electron chi connectivity index (χ2n) is 6.26. The van der Waals surface area contributed by atoms with E-state index in [1.165, 1.54) is 0 Å². The lowest BCUT2D eigenvalue weighted by Gasteiger charge is -2.27. The van der Waals surface area contributed by atoms with Crippen molar-refractivity contribution in [1.82, 2.24) is 15.5 Å². The number of piperidine rings is 1. The zero-order valence-electron chi connectivity index (χ0n) is 13.4. The summed E-state index contributed by atoms with van der Waals surface area (Å²) in [5, 5.41) is 6.15. The molecule has 6 nitrogen and oxygen atoms in total. The number of amides is 3. The molecule has 0 saturated carbocycles. The van der Waals surface area contributed by atoms with Gasteiger partial charge in [-0.2, -0.15) is 0 Å². The van der Waals surface area contributed by atoms with Crippen LogP contribution in [0.15, 0.2) is 18.2 Å². The Morgan fingerprint density at radius 3 is 2.74 bits per heavy atom. The topological polar surface area (TPSA) is 78.5 Å². The van der Waals surface area contributed by atoms with Gasteiger partial charge in [-0.15, -0.1) is 0 Å². The van der Waals surface area contributed by atoms with E-state index in [0.29, 0.717) is 11.1 Å². The molecule has 2 aliphatic rings. The van der Waals surface area contributed by atoms with E-state index in [0.717, 1.165) is 36.4 Å². The van der Waals surface area contributed by atoms with Crippen molar-refractivity contribution in [3.8, 4) is 0 Å². The summed E-state index contributed by atoms with van der Waals surface area (Å²) >= 11 is 0. The summed E-state index contributed by atoms with van der Waals surface area (Å²) in [4.78, 5) is 38.5. The molecule has 0 bridgehead atoms. The lowest BCUT2D eigenvalue weighted by Crippen LogP contribution is -2.53. The summed E-state index contributed by atoms with van der Waals surface area (Å²) in [5.41, 5.74) is 1.67. The minimum absolute atomic E-state index is 0.0520. The normalized spacial score (nSPS) is 22.0. The van der Waals surface area contributed by atoms with E-state index < -0.39 is 17.9 Å². The smallest absolute Gasteiger partial charge is 0.262 e. The van der Waals surface area contributed by atoms with Gasteiger partial charge in [0.05, 0.1) is 11.1 Å². The number of carbonyl (C=O) groups excluding carboxylic acids is 3. The molecule has 2 heterocycles. The molecule has 0 aromatic heterocycles. The van der Waals surface area contributed by atoms with Crippen LogP contribution in [0.5, 0.6) is 0 Å². The molecule has 2 unspecified atom stereocenters. The quantitative estimate of drug-likeness (QED) is 0.811. The Morgan fingerprint density at radius 1 is 1.30 bits per heavy atom. The molecule has 2 N–H and O–H groups in total. The lowest BCUT2D eigenvalue weighted by atomic mass is 10.1. The number of nitrogens with one attached hydrogen (secondary N) is 2. The first-order valence-electron chi connectivity index (χ1n) is 7.98. The van der Waals surface area contributed by atoms with Crippen molar-refractivity contribution in [3.63, 3.8) is 0 Å². The molecule has 0 spiro atoms. The van der Waals surface area contributed by atoms with Gasteiger partial charge in [0.15, 0.2) is 0 Å². The van der Waals surface area contributed by atoms with Crippen molar-refractivity contribution in [3.05, 3.63) is 34.9 Å². The van der Waals surface area contributed by atoms with Gasteiger partial charge in [0, 0.05) is 12.6 Å². The maximum absolute atomic E-state index is 12.5. The van der Waals surface area contributed by atoms with E-state index in [1.807, 2.05) is 6.92 Å². The van der Waals surface area contributed by atoms with Crippen LogP contribution in [-0.4, -0.2) is 47.8 Å². The van der Waals surface area contributed by atoms with Crippen LogP contribution in [-0.2, 0) is 4.79 Å². The largest absolute Gasteiger partial charge is 0.350 e. The second-order valence-corrected chi connectivity index (χ2v) is 6.26. The molecule has 0 radical (unpaired) electrons. The van der Waals surface area contributed by atoms with Crippen LogP contribution >= 0.6 is 0 Å². The van der Waals surface area contributed by atoms with Gasteiger partial charge >= 0.3 is 0 Å². The molecule has 1 aromatic rings. The predicted molar refractivity (Wildman–Crippen MR) is 85.2 cm³/mol. The van der Waals surface area contributed by atoms with Gasteiger partial charge in [0.2, 0.25) is 5.91 Å². The highest BCUT2D eigenvalue weighted by atomic mass is 16.2. The zero-order chi connectivity index (χ0) is 16.6. The molecule has 122 valence electrons. The highest BCUT2D eigenvalue weighted by Gasteiger charge is 2.41. The second kappa shape index (κ2) is 6.12. The van der Waals surface area contributed by atoms with Crippen LogP contribution in [0.25, 0.3) is 0 Å². The fourth-order valence-corrected chi connectivity index (χ4v) is 3.14. The number of benzene rings is 1. The summed E-state index contributed by atoms with van der Waals surface area (Å²) < 4.78 is 0. The van der Waals surface area contributed by atoms with E-state index in [2.05, 4.69) is 10.6 Å². The van der Waals surface area contributed by atoms with Crippen molar-refractivity contribution in [2.75, 3.05) is 13.1 Å². The minimum atomic E-state index is -0.815. The Labute approximate surface area is 135 Å². The van der Waals surface area contributed by atoms with Crippen molar-refractivity contribution in [1.29, 1.82) is 0 Å². The van der Waals surface area contributed by atoms with Gasteiger partial charge in [-0.1, -0.05) is 11.6 Å². The molecule has 1 saturated heterocycles. The fraction of sp³-hybridized carbons (Fsp3) is 0.471. The number of hydrogen-bond donors (Lipinski definition) is 2. The van der Waals surface area contributed by atoms with Crippen molar-refractivity contribution < 1.29 is 14.4 Å². The molecule has 2 atom stereocenters. The van der Waals surface area contributed by atoms with Crippen LogP contribution in [0.3, 0.4) is 0 Å². The molecule has 2 aliphatic heterocycles. The Morgan fingerprint density at radius 2 is 2.04 bits per heavy atom. The standard InChI is InChI=1S/C17H21N3O3/c1-10-5-6-13-14(8-10)17(23)20(16(13)22)11(2)15(21)19-12-4-3-7-18-9-12/h5-6,8,11-12,18H,3-4,7,9H2,1-2H3,(H,19,21). The average molecular weight is 315 g/mol. The van der Waals surface area contributed by atoms with E-state index >= 15 is 0 Å². The maximum Gasteiger partial charge on any atom is 0.262 e. The van der Waals surface area contributed by atoms with Crippen molar-refractivity contribution in [2.45, 2.75) is 38.8 Å². The number of hydrogen-bond acceptors (Lipinski definition) is 4. The first kappa shape index (κ1) is 15.7. The van der Waals surface area contributed by atoms with Crippen LogP contribution in [0.2, 0.25) is 0 Å². The summed E-state index contributed by atoms with van der Waals surface area (Å²) in [6.45, 7) is 5.15. The summed E-state index contributed by atoms with van der Waals surface area (Å²) in [6, 6.07) is 4.39. The summed E-state index contributed by atoms with van der Waals surface area (Å²) in [5.74, 6) is -1.07. The summed E-state index contributed by atoms with van der Waals surface area (Å²) in [6.07, 6.45) is 1.92. The number of nitrogens with zero attached hydrogens (tertiary/aromatic N) is 1. The van der Waals surface area contributed by atoms with E-state index in [9.17, 15) is 14.4 Å². The number of aryl methyl sites for hydroxylation is 1. The molecule has 1 aromatic carbocycles. The van der Waals surface area contributed by atoms with E-state index in [-0.39, 0.29) is 11.9 Å². The molecular weight excluding hydrogens is 294 g/mol. The Kier molecular flexibility index (Phi) is 4.17. The number of imide groups is 1. The molecule has 3 rings (SSSR count). The van der Waals surface area contributed by atoms with Crippen molar-refractivity contribution in [2.24, 2.45) is 0 Å². The third-order valence-corrected chi connectivity index (χ3v) is 4.48. The Hall–Kier alpha value is -2.21. The van der Waals surface area contributed by atoms with Crippen LogP contribution in [0, 0.1) is 6.92 Å². The maximum atomic E-state index is 12.5. The number of fused-ring (bicyclic) bond motifs is 1. The van der Waals surface area contributed by atoms with E-state index in [4.69, 9.17) is 0 Å². The van der Waals surface area contributed by atoms with Gasteiger partial charge < -0.3 is 10.6 Å². The van der Waals surface area contributed by atoms with E-state index in [1.54, 1.807) is 25.1 Å². The molecular formula is C17H21N3O3. The lowest BCUT2D eigenvalue weighted by molar-refractivity contribution is -0.125. The van der Waals surface area contributed by atoms with Crippen LogP contribution in [0.1, 0.15) is 46.0 Å². The van der Waals surface area contributed by atoms with Gasteiger partial charge in [-0.05, 0) is 45.4 Å². The van der Waals surface area contributed by atoms with Crippen molar-refractivity contribution >= 4 is 17.7 Å². The highest BCUT2D eigenvalue weighted by Crippen LogP contribution is 2.25. The summed E-state index contributed by atoms with van der Waals surface area (Å²) in [7, 11) is 0. The molecule has 0 aliphatic carbocycles. The average Bonchev–Trinajstić information content (AvgIpc) is 2.78. The first-order valence-corrected chi connectivity index (χ1v) is 7.98. The number of carbonyl (C=O) groups is 3. The highest BCUT2D eigenvalue weighted by molar-refractivity contribution is 6.22. The van der Waals surface area contributed by atoms with Crippen LogP contribution < -0.4 is 10.6 Å². The van der Waals surface area contributed by atoms with Gasteiger partial charge in [0.25, 0.3) is 11.8 Å². The Balaban J connectivity index is 1.75. The molecule has 1 fully saturated rings. The predicted octanol–water partition coefficient (Wildman–Crippen LogP) is 0.848. The minimum Gasteiger partial charge on any atom is -0.350 e. The molecule has 6 heteroatoms. The first-order chi connectivity index (χ1) is 11.0. The van der Waals surface area contributed by atoms with Gasteiger partial charge in [-0.3, -0.25) is 19.3 Å². The number of rotatable bonds is 3. The third-order valence-electron chi connectivity index (χ3n) is 4.48. The SMILES string of the molecule is Cc1ccc2c(c1)C(=O)N(C(C)C(=O)NC1CCCNC1)C2=O. The van der Waals surface area contributed by atoms with Gasteiger partial charge in [-0.25, -0.2) is 0 Å². The fourth-order valence-electron chi connectivity index (χ4n) is 3.14. The monoisotopic (exact) mass is 315 g/mol. The zero-order valence-corrected chi connectivity index (χ0v) is 13.4. The third kappa shape index (κ3) is 2.86.